The van der Waals surface area contributed by atoms with Gasteiger partial charge in [0.25, 0.3) is 0 Å². The molecule has 0 bridgehead atoms. The van der Waals surface area contributed by atoms with Crippen LogP contribution in [0.1, 0.15) is 18.1 Å². The zero-order valence-corrected chi connectivity index (χ0v) is 9.60. The predicted octanol–water partition coefficient (Wildman–Crippen LogP) is 1.88. The van der Waals surface area contributed by atoms with E-state index in [1.54, 1.807) is 13.8 Å². The third kappa shape index (κ3) is 1.63. The van der Waals surface area contributed by atoms with E-state index < -0.39 is 17.4 Å². The Labute approximate surface area is 98.1 Å². The molecule has 90 valence electrons. The van der Waals surface area contributed by atoms with Crippen molar-refractivity contribution >= 4 is 6.03 Å². The predicted molar refractivity (Wildman–Crippen MR) is 61.0 cm³/mol. The zero-order chi connectivity index (χ0) is 12.8. The minimum absolute atomic E-state index is 0.113. The van der Waals surface area contributed by atoms with Gasteiger partial charge in [-0.25, -0.2) is 9.18 Å². The molecule has 0 radical (unpaired) electrons. The van der Waals surface area contributed by atoms with E-state index >= 15 is 0 Å². The van der Waals surface area contributed by atoms with Crippen LogP contribution in [0.3, 0.4) is 0 Å². The minimum atomic E-state index is -1.00. The Morgan fingerprint density at radius 3 is 2.65 bits per heavy atom. The third-order valence-corrected chi connectivity index (χ3v) is 3.06. The first-order chi connectivity index (χ1) is 7.84. The van der Waals surface area contributed by atoms with E-state index in [0.717, 1.165) is 6.07 Å². The lowest BCUT2D eigenvalue weighted by Crippen LogP contribution is -2.37. The largest absolute Gasteiger partial charge is 0.508 e. The highest BCUT2D eigenvalue weighted by Gasteiger charge is 2.40. The summed E-state index contributed by atoms with van der Waals surface area (Å²) >= 11 is 0. The van der Waals surface area contributed by atoms with Crippen LogP contribution in [0.5, 0.6) is 5.75 Å². The number of aromatic hydroxyl groups is 1. The number of carbonyl (C=O) groups excluding carboxylic acids is 1. The van der Waals surface area contributed by atoms with Crippen LogP contribution >= 0.6 is 0 Å². The Balaban J connectivity index is 2.58. The van der Waals surface area contributed by atoms with E-state index in [-0.39, 0.29) is 11.3 Å². The fourth-order valence-electron chi connectivity index (χ4n) is 1.88. The summed E-state index contributed by atoms with van der Waals surface area (Å²) in [5.74, 6) is -0.696. The summed E-state index contributed by atoms with van der Waals surface area (Å²) < 4.78 is 13.8. The smallest absolute Gasteiger partial charge is 0.320 e. The Morgan fingerprint density at radius 2 is 2.12 bits per heavy atom. The summed E-state index contributed by atoms with van der Waals surface area (Å²) in [5.41, 5.74) is 0.193. The number of hydrogen-bond donors (Lipinski definition) is 3. The molecule has 5 heteroatoms. The molecule has 1 unspecified atom stereocenters. The molecule has 0 aromatic heterocycles. The van der Waals surface area contributed by atoms with Gasteiger partial charge in [-0.3, -0.25) is 0 Å². The van der Waals surface area contributed by atoms with E-state index in [4.69, 9.17) is 0 Å². The first kappa shape index (κ1) is 11.4. The molecule has 2 rings (SSSR count). The summed E-state index contributed by atoms with van der Waals surface area (Å²) in [7, 11) is 0. The fourth-order valence-corrected chi connectivity index (χ4v) is 1.88. The van der Waals surface area contributed by atoms with Gasteiger partial charge >= 0.3 is 6.03 Å². The number of hydrogen-bond acceptors (Lipinski definition) is 2. The number of carbonyl (C=O) groups is 1. The summed E-state index contributed by atoms with van der Waals surface area (Å²) in [6, 6.07) is 2.12. The van der Waals surface area contributed by atoms with Crippen LogP contribution < -0.4 is 10.6 Å². The van der Waals surface area contributed by atoms with E-state index in [2.05, 4.69) is 17.2 Å². The van der Waals surface area contributed by atoms with Crippen LogP contribution in [0.4, 0.5) is 9.18 Å². The number of nitrogens with one attached hydrogen (secondary N) is 2. The summed E-state index contributed by atoms with van der Waals surface area (Å²) in [5, 5.41) is 14.5. The second kappa shape index (κ2) is 3.48. The maximum atomic E-state index is 13.8. The van der Waals surface area contributed by atoms with Crippen LogP contribution in [0.15, 0.2) is 24.4 Å². The standard InChI is InChI=1S/C12H13FN2O2/c1-6-4-8(9(13)5-10(6)16)12(3)7(2)14-11(17)15-12/h4-5,16H,2H2,1,3H3,(H2,14,15,17). The number of amides is 2. The van der Waals surface area contributed by atoms with Crippen molar-refractivity contribution in [1.82, 2.24) is 10.6 Å². The highest BCUT2D eigenvalue weighted by molar-refractivity contribution is 5.82. The number of aryl methyl sites for hydroxylation is 1. The van der Waals surface area contributed by atoms with Crippen molar-refractivity contribution in [1.29, 1.82) is 0 Å². The lowest BCUT2D eigenvalue weighted by atomic mass is 9.88. The van der Waals surface area contributed by atoms with Gasteiger partial charge < -0.3 is 15.7 Å². The van der Waals surface area contributed by atoms with Crippen molar-refractivity contribution in [2.24, 2.45) is 0 Å². The topological polar surface area (TPSA) is 61.4 Å². The SMILES string of the molecule is C=C1NC(=O)NC1(C)c1cc(C)c(O)cc1F. The average molecular weight is 236 g/mol. The van der Waals surface area contributed by atoms with Gasteiger partial charge in [-0.05, 0) is 25.5 Å². The first-order valence-electron chi connectivity index (χ1n) is 5.12. The van der Waals surface area contributed by atoms with Crippen LogP contribution in [-0.4, -0.2) is 11.1 Å². The molecule has 17 heavy (non-hydrogen) atoms. The molecule has 1 aliphatic heterocycles. The van der Waals surface area contributed by atoms with Crippen molar-refractivity contribution in [3.8, 4) is 5.75 Å². The number of rotatable bonds is 1. The average Bonchev–Trinajstić information content (AvgIpc) is 2.47. The molecule has 1 fully saturated rings. The molecule has 1 aromatic carbocycles. The molecule has 0 saturated carbocycles. The van der Waals surface area contributed by atoms with Gasteiger partial charge in [0.15, 0.2) is 0 Å². The Hall–Kier alpha value is -2.04. The van der Waals surface area contributed by atoms with Crippen molar-refractivity contribution in [2.45, 2.75) is 19.4 Å². The molecular formula is C12H13FN2O2. The number of benzene rings is 1. The molecular weight excluding hydrogens is 223 g/mol. The lowest BCUT2D eigenvalue weighted by molar-refractivity contribution is 0.245. The quantitative estimate of drug-likeness (QED) is 0.697. The highest BCUT2D eigenvalue weighted by Crippen LogP contribution is 2.34. The molecule has 4 nitrogen and oxygen atoms in total. The molecule has 1 atom stereocenters. The van der Waals surface area contributed by atoms with Crippen LogP contribution in [0.2, 0.25) is 0 Å². The fraction of sp³-hybridized carbons (Fsp3) is 0.250. The Bertz CT molecular complexity index is 527. The van der Waals surface area contributed by atoms with Crippen LogP contribution in [0.25, 0.3) is 0 Å². The summed E-state index contributed by atoms with van der Waals surface area (Å²) in [4.78, 5) is 11.3. The highest BCUT2D eigenvalue weighted by atomic mass is 19.1. The van der Waals surface area contributed by atoms with Crippen LogP contribution in [0, 0.1) is 12.7 Å². The van der Waals surface area contributed by atoms with Gasteiger partial charge in [0.05, 0.1) is 0 Å². The van der Waals surface area contributed by atoms with Crippen molar-refractivity contribution in [3.05, 3.63) is 41.4 Å². The number of halogens is 1. The van der Waals surface area contributed by atoms with Gasteiger partial charge in [0.2, 0.25) is 0 Å². The lowest BCUT2D eigenvalue weighted by Gasteiger charge is -2.25. The van der Waals surface area contributed by atoms with Gasteiger partial charge in [-0.15, -0.1) is 0 Å². The van der Waals surface area contributed by atoms with Crippen molar-refractivity contribution in [3.63, 3.8) is 0 Å². The molecule has 1 saturated heterocycles. The van der Waals surface area contributed by atoms with Crippen molar-refractivity contribution < 1.29 is 14.3 Å². The number of phenolic OH excluding ortho intramolecular Hbond substituents is 1. The molecule has 0 aliphatic carbocycles. The minimum Gasteiger partial charge on any atom is -0.508 e. The van der Waals surface area contributed by atoms with E-state index in [0.29, 0.717) is 11.3 Å². The maximum absolute atomic E-state index is 13.8. The first-order valence-corrected chi connectivity index (χ1v) is 5.12. The molecule has 0 spiro atoms. The van der Waals surface area contributed by atoms with Gasteiger partial charge in [0.1, 0.15) is 17.1 Å². The van der Waals surface area contributed by atoms with E-state index in [9.17, 15) is 14.3 Å². The van der Waals surface area contributed by atoms with Crippen molar-refractivity contribution in [2.75, 3.05) is 0 Å². The molecule has 1 aliphatic rings. The van der Waals surface area contributed by atoms with Gasteiger partial charge in [-0.1, -0.05) is 6.58 Å². The Kier molecular flexibility index (Phi) is 2.34. The zero-order valence-electron chi connectivity index (χ0n) is 9.60. The van der Waals surface area contributed by atoms with Gasteiger partial charge in [0, 0.05) is 17.3 Å². The van der Waals surface area contributed by atoms with E-state index in [1.807, 2.05) is 0 Å². The van der Waals surface area contributed by atoms with E-state index in [1.165, 1.54) is 6.07 Å². The van der Waals surface area contributed by atoms with Gasteiger partial charge in [-0.2, -0.15) is 0 Å². The third-order valence-electron chi connectivity index (χ3n) is 3.06. The maximum Gasteiger partial charge on any atom is 0.320 e. The molecule has 1 aromatic rings. The summed E-state index contributed by atoms with van der Waals surface area (Å²) in [6.45, 7) is 7.02. The Morgan fingerprint density at radius 1 is 1.47 bits per heavy atom. The second-order valence-corrected chi connectivity index (χ2v) is 4.30. The molecule has 1 heterocycles. The monoisotopic (exact) mass is 236 g/mol. The number of urea groups is 1. The van der Waals surface area contributed by atoms with Crippen LogP contribution in [-0.2, 0) is 5.54 Å². The normalized spacial score (nSPS) is 23.5. The second-order valence-electron chi connectivity index (χ2n) is 4.30. The number of phenols is 1. The molecule has 3 N–H and O–H groups in total. The summed E-state index contributed by atoms with van der Waals surface area (Å²) in [6.07, 6.45) is 0. The molecule has 2 amide bonds.